The molecule has 3 heterocycles. The van der Waals surface area contributed by atoms with Crippen LogP contribution in [0.15, 0.2) is 53.2 Å². The summed E-state index contributed by atoms with van der Waals surface area (Å²) in [5.74, 6) is 0.0480. The molecule has 1 unspecified atom stereocenters. The van der Waals surface area contributed by atoms with Crippen LogP contribution in [0.5, 0.6) is 0 Å². The van der Waals surface area contributed by atoms with Crippen molar-refractivity contribution in [3.63, 3.8) is 0 Å². The van der Waals surface area contributed by atoms with Crippen LogP contribution >= 0.6 is 0 Å². The van der Waals surface area contributed by atoms with Crippen LogP contribution in [-0.4, -0.2) is 27.1 Å². The molecule has 6 heteroatoms. The molecule has 2 aromatic heterocycles. The molecule has 1 aliphatic heterocycles. The first-order valence-corrected chi connectivity index (χ1v) is 8.28. The Balaban J connectivity index is 1.60. The summed E-state index contributed by atoms with van der Waals surface area (Å²) < 4.78 is 21.3. The van der Waals surface area contributed by atoms with Gasteiger partial charge in [-0.3, -0.25) is 9.48 Å². The van der Waals surface area contributed by atoms with E-state index < -0.39 is 0 Å². The predicted octanol–water partition coefficient (Wildman–Crippen LogP) is 3.80. The molecular weight excluding hydrogens is 321 g/mol. The van der Waals surface area contributed by atoms with Crippen LogP contribution in [-0.2, 0) is 7.05 Å². The normalized spacial score (nSPS) is 17.2. The van der Waals surface area contributed by atoms with E-state index in [0.29, 0.717) is 17.9 Å². The van der Waals surface area contributed by atoms with Crippen LogP contribution in [0.1, 0.15) is 35.0 Å². The van der Waals surface area contributed by atoms with Crippen LogP contribution in [0.4, 0.5) is 4.39 Å². The number of rotatable bonds is 3. The highest BCUT2D eigenvalue weighted by Gasteiger charge is 2.32. The van der Waals surface area contributed by atoms with E-state index in [1.807, 2.05) is 13.2 Å². The molecule has 1 saturated heterocycles. The number of carbonyl (C=O) groups is 1. The molecule has 0 saturated carbocycles. The lowest BCUT2D eigenvalue weighted by Gasteiger charge is -2.22. The molecule has 1 amide bonds. The molecule has 0 bridgehead atoms. The minimum absolute atomic E-state index is 0.00297. The SMILES string of the molecule is Cn1cc(C2CCCN2C(=O)c2ccc(-c3ccccc3F)o2)cn1. The summed E-state index contributed by atoms with van der Waals surface area (Å²) in [6.45, 7) is 0.675. The van der Waals surface area contributed by atoms with Crippen molar-refractivity contribution in [1.29, 1.82) is 0 Å². The van der Waals surface area contributed by atoms with Crippen molar-refractivity contribution in [2.75, 3.05) is 6.54 Å². The first-order chi connectivity index (χ1) is 12.1. The lowest BCUT2D eigenvalue weighted by Crippen LogP contribution is -2.30. The van der Waals surface area contributed by atoms with Crippen molar-refractivity contribution >= 4 is 5.91 Å². The van der Waals surface area contributed by atoms with E-state index in [4.69, 9.17) is 4.42 Å². The molecule has 0 radical (unpaired) electrons. The van der Waals surface area contributed by atoms with Gasteiger partial charge < -0.3 is 9.32 Å². The van der Waals surface area contributed by atoms with Gasteiger partial charge in [0.05, 0.1) is 17.8 Å². The Hall–Kier alpha value is -2.89. The number of hydrogen-bond donors (Lipinski definition) is 0. The zero-order valence-corrected chi connectivity index (χ0v) is 13.9. The average molecular weight is 339 g/mol. The molecule has 1 aromatic carbocycles. The number of aromatic nitrogens is 2. The van der Waals surface area contributed by atoms with Crippen molar-refractivity contribution in [3.8, 4) is 11.3 Å². The molecule has 1 aliphatic rings. The van der Waals surface area contributed by atoms with Crippen molar-refractivity contribution in [2.45, 2.75) is 18.9 Å². The standard InChI is InChI=1S/C19H18FN3O2/c1-22-12-13(11-21-22)16-7-4-10-23(16)19(24)18-9-8-17(25-18)14-5-2-3-6-15(14)20/h2-3,5-6,8-9,11-12,16H,4,7,10H2,1H3. The number of aryl methyl sites for hydroxylation is 1. The quantitative estimate of drug-likeness (QED) is 0.729. The van der Waals surface area contributed by atoms with Gasteiger partial charge in [-0.25, -0.2) is 4.39 Å². The zero-order valence-electron chi connectivity index (χ0n) is 13.9. The fourth-order valence-electron chi connectivity index (χ4n) is 3.37. The minimum Gasteiger partial charge on any atom is -0.451 e. The van der Waals surface area contributed by atoms with Crippen LogP contribution in [0.25, 0.3) is 11.3 Å². The highest BCUT2D eigenvalue weighted by atomic mass is 19.1. The van der Waals surface area contributed by atoms with E-state index in [2.05, 4.69) is 5.10 Å². The van der Waals surface area contributed by atoms with Crippen molar-refractivity contribution in [3.05, 3.63) is 65.9 Å². The van der Waals surface area contributed by atoms with E-state index in [1.54, 1.807) is 46.1 Å². The Morgan fingerprint density at radius 3 is 2.88 bits per heavy atom. The third-order valence-electron chi connectivity index (χ3n) is 4.58. The van der Waals surface area contributed by atoms with Crippen molar-refractivity contribution < 1.29 is 13.6 Å². The second kappa shape index (κ2) is 6.20. The molecule has 0 spiro atoms. The van der Waals surface area contributed by atoms with Gasteiger partial charge >= 0.3 is 0 Å². The van der Waals surface area contributed by atoms with Gasteiger partial charge in [0.2, 0.25) is 0 Å². The average Bonchev–Trinajstić information content (AvgIpc) is 3.34. The van der Waals surface area contributed by atoms with Crippen LogP contribution in [0.2, 0.25) is 0 Å². The summed E-state index contributed by atoms with van der Waals surface area (Å²) in [5, 5.41) is 4.19. The Labute approximate surface area is 144 Å². The monoisotopic (exact) mass is 339 g/mol. The number of furan rings is 1. The van der Waals surface area contributed by atoms with Gasteiger partial charge in [0.1, 0.15) is 11.6 Å². The number of halogens is 1. The van der Waals surface area contributed by atoms with Gasteiger partial charge in [0, 0.05) is 25.4 Å². The van der Waals surface area contributed by atoms with E-state index in [0.717, 1.165) is 18.4 Å². The second-order valence-corrected chi connectivity index (χ2v) is 6.25. The lowest BCUT2D eigenvalue weighted by molar-refractivity contribution is 0.0704. The van der Waals surface area contributed by atoms with Gasteiger partial charge in [0.25, 0.3) is 5.91 Å². The van der Waals surface area contributed by atoms with Gasteiger partial charge in [-0.15, -0.1) is 0 Å². The molecule has 5 nitrogen and oxygen atoms in total. The fourth-order valence-corrected chi connectivity index (χ4v) is 3.37. The Bertz CT molecular complexity index is 915. The molecule has 3 aromatic rings. The summed E-state index contributed by atoms with van der Waals surface area (Å²) >= 11 is 0. The Morgan fingerprint density at radius 1 is 1.28 bits per heavy atom. The van der Waals surface area contributed by atoms with Crippen molar-refractivity contribution in [2.24, 2.45) is 7.05 Å². The van der Waals surface area contributed by atoms with Gasteiger partial charge in [0.15, 0.2) is 5.76 Å². The number of benzene rings is 1. The number of hydrogen-bond acceptors (Lipinski definition) is 3. The van der Waals surface area contributed by atoms with Gasteiger partial charge in [-0.05, 0) is 37.1 Å². The summed E-state index contributed by atoms with van der Waals surface area (Å²) in [6, 6.07) is 9.62. The number of carbonyl (C=O) groups excluding carboxylic acids is 1. The maximum Gasteiger partial charge on any atom is 0.290 e. The largest absolute Gasteiger partial charge is 0.451 e. The number of nitrogens with zero attached hydrogens (tertiary/aromatic N) is 3. The maximum absolute atomic E-state index is 13.9. The summed E-state index contributed by atoms with van der Waals surface area (Å²) in [7, 11) is 1.86. The third-order valence-corrected chi connectivity index (χ3v) is 4.58. The highest BCUT2D eigenvalue weighted by Crippen LogP contribution is 2.34. The summed E-state index contributed by atoms with van der Waals surface area (Å²) in [4.78, 5) is 14.7. The third kappa shape index (κ3) is 2.84. The molecule has 25 heavy (non-hydrogen) atoms. The topological polar surface area (TPSA) is 51.3 Å². The lowest BCUT2D eigenvalue weighted by atomic mass is 10.1. The van der Waals surface area contributed by atoms with Crippen LogP contribution < -0.4 is 0 Å². The minimum atomic E-state index is -0.370. The summed E-state index contributed by atoms with van der Waals surface area (Å²) in [6.07, 6.45) is 5.57. The first kappa shape index (κ1) is 15.6. The molecular formula is C19H18FN3O2. The number of likely N-dealkylation sites (tertiary alicyclic amines) is 1. The molecule has 1 atom stereocenters. The van der Waals surface area contributed by atoms with Crippen LogP contribution in [0, 0.1) is 5.82 Å². The molecule has 4 rings (SSSR count). The van der Waals surface area contributed by atoms with E-state index >= 15 is 0 Å². The Kier molecular flexibility index (Phi) is 3.87. The van der Waals surface area contributed by atoms with Gasteiger partial charge in [-0.2, -0.15) is 5.10 Å². The fraction of sp³-hybridized carbons (Fsp3) is 0.263. The maximum atomic E-state index is 13.9. The highest BCUT2D eigenvalue weighted by molar-refractivity contribution is 5.92. The van der Waals surface area contributed by atoms with E-state index in [9.17, 15) is 9.18 Å². The molecule has 128 valence electrons. The smallest absolute Gasteiger partial charge is 0.290 e. The molecule has 0 aliphatic carbocycles. The summed E-state index contributed by atoms with van der Waals surface area (Å²) in [5.41, 5.74) is 1.38. The van der Waals surface area contributed by atoms with Crippen LogP contribution in [0.3, 0.4) is 0 Å². The molecule has 1 fully saturated rings. The zero-order chi connectivity index (χ0) is 17.4. The van der Waals surface area contributed by atoms with E-state index in [-0.39, 0.29) is 23.5 Å². The van der Waals surface area contributed by atoms with Gasteiger partial charge in [-0.1, -0.05) is 12.1 Å². The Morgan fingerprint density at radius 2 is 2.12 bits per heavy atom. The van der Waals surface area contributed by atoms with Crippen molar-refractivity contribution in [1.82, 2.24) is 14.7 Å². The second-order valence-electron chi connectivity index (χ2n) is 6.25. The number of amides is 1. The molecule has 0 N–H and O–H groups in total. The van der Waals surface area contributed by atoms with E-state index in [1.165, 1.54) is 6.07 Å². The predicted molar refractivity (Wildman–Crippen MR) is 90.3 cm³/mol. The first-order valence-electron chi connectivity index (χ1n) is 8.28.